The van der Waals surface area contributed by atoms with Crippen molar-refractivity contribution in [3.05, 3.63) is 309 Å². The molecule has 0 saturated carbocycles. The fraction of sp³-hybridized carbons (Fsp3) is 0.0800. The average molecular weight is 1220 g/mol. The molecule has 5 heterocycles. The molecule has 0 N–H and O–H groups in total. The van der Waals surface area contributed by atoms with Crippen molar-refractivity contribution >= 4 is 43.6 Å². The van der Waals surface area contributed by atoms with Crippen LogP contribution < -0.4 is 0 Å². The maximum atomic E-state index is 4.56. The number of aromatic nitrogens is 5. The van der Waals surface area contributed by atoms with Crippen LogP contribution in [0.4, 0.5) is 0 Å². The van der Waals surface area contributed by atoms with Gasteiger partial charge in [-0.05, 0) is 131 Å². The summed E-state index contributed by atoms with van der Waals surface area (Å²) in [6.07, 6.45) is 7.59. The Morgan fingerprint density at radius 2 is 0.790 bits per heavy atom. The van der Waals surface area contributed by atoms with E-state index in [4.69, 9.17) is 0 Å². The van der Waals surface area contributed by atoms with Crippen LogP contribution in [-0.4, -0.2) is 24.1 Å². The minimum absolute atomic E-state index is 0. The Bertz CT molecular complexity index is 4090. The number of benzene rings is 9. The first-order valence-electron chi connectivity index (χ1n) is 27.5. The normalized spacial score (nSPS) is 11.7. The number of rotatable bonds is 11. The van der Waals surface area contributed by atoms with E-state index in [9.17, 15) is 0 Å². The van der Waals surface area contributed by atoms with Gasteiger partial charge in [-0.25, -0.2) is 0 Å². The summed E-state index contributed by atoms with van der Waals surface area (Å²) in [4.78, 5) is 13.0. The van der Waals surface area contributed by atoms with Gasteiger partial charge in [0.25, 0.3) is 0 Å². The van der Waals surface area contributed by atoms with Crippen LogP contribution in [0.2, 0.25) is 0 Å². The third kappa shape index (κ3) is 11.7. The maximum Gasteiger partial charge on any atom is 3.00 e. The SMILES string of the molecule is CCC(CC(C)c1cc[c-]c(-c2ccccn2)c1)c1ccc2c(c1)c1ccccc1n2-c1ccc(-c2ccc(-n3c4ccccc4c4ccccc43)cc2)cc1.[Ir+3].[c-]1ccccc1-c1ccccn1.[c-]1ccccc1-c1ccccn1. The summed E-state index contributed by atoms with van der Waals surface area (Å²) in [5.74, 6) is 0.844. The van der Waals surface area contributed by atoms with E-state index >= 15 is 0 Å². The zero-order valence-electron chi connectivity index (χ0n) is 45.2. The number of fused-ring (bicyclic) bond motifs is 6. The van der Waals surface area contributed by atoms with Crippen LogP contribution in [0.15, 0.2) is 279 Å². The Hall–Kier alpha value is -9.32. The number of nitrogens with zero attached hydrogens (tertiary/aromatic N) is 5. The molecule has 5 nitrogen and oxygen atoms in total. The molecule has 0 aliphatic heterocycles. The zero-order valence-corrected chi connectivity index (χ0v) is 47.6. The van der Waals surface area contributed by atoms with Gasteiger partial charge in [-0.3, -0.25) is 0 Å². The quantitative estimate of drug-likeness (QED) is 0.121. The van der Waals surface area contributed by atoms with Crippen LogP contribution in [-0.2, 0) is 20.1 Å². The van der Waals surface area contributed by atoms with Gasteiger partial charge in [-0.15, -0.1) is 107 Å². The van der Waals surface area contributed by atoms with Gasteiger partial charge in [-0.1, -0.05) is 135 Å². The van der Waals surface area contributed by atoms with Crippen molar-refractivity contribution in [1.82, 2.24) is 24.1 Å². The first-order valence-corrected chi connectivity index (χ1v) is 27.5. The van der Waals surface area contributed by atoms with E-state index < -0.39 is 0 Å². The van der Waals surface area contributed by atoms with Crippen molar-refractivity contribution in [3.63, 3.8) is 0 Å². The molecule has 5 aromatic heterocycles. The molecule has 0 spiro atoms. The van der Waals surface area contributed by atoms with Crippen LogP contribution >= 0.6 is 0 Å². The largest absolute Gasteiger partial charge is 3.00 e. The predicted molar refractivity (Wildman–Crippen MR) is 332 cm³/mol. The smallest absolute Gasteiger partial charge is 0.309 e. The summed E-state index contributed by atoms with van der Waals surface area (Å²) in [6.45, 7) is 4.68. The van der Waals surface area contributed by atoms with Crippen molar-refractivity contribution in [2.75, 3.05) is 0 Å². The zero-order chi connectivity index (χ0) is 54.0. The molecule has 0 bridgehead atoms. The average Bonchev–Trinajstić information content (AvgIpc) is 4.28. The van der Waals surface area contributed by atoms with Crippen molar-refractivity contribution in [2.45, 2.75) is 38.5 Å². The molecular weight excluding hydrogens is 1160 g/mol. The molecule has 0 aliphatic rings. The molecule has 6 heteroatoms. The molecule has 392 valence electrons. The summed E-state index contributed by atoms with van der Waals surface area (Å²) in [5.41, 5.74) is 18.4. The summed E-state index contributed by atoms with van der Waals surface area (Å²) >= 11 is 0. The maximum absolute atomic E-state index is 4.56. The second kappa shape index (κ2) is 25.2. The molecule has 2 atom stereocenters. The summed E-state index contributed by atoms with van der Waals surface area (Å²) in [6, 6.07) is 101. The second-order valence-corrected chi connectivity index (χ2v) is 20.1. The van der Waals surface area contributed by atoms with E-state index in [1.807, 2.05) is 109 Å². The molecule has 9 aromatic carbocycles. The number of pyridine rings is 3. The standard InChI is InChI=1S/C53H42N3.2C11H8N.Ir/c1-3-37(33-36(2)40-13-12-14-42(34-40)49-18-10-11-32-54-49)41-26-31-53-48(35-41)47-17-6-9-21-52(47)56(53)44-29-24-39(25-30-44)38-22-27-43(28-23-38)55-50-19-7-4-15-45(50)46-16-5-8-20-51(46)55;2*1-2-6-10(7-3-1)11-8-4-5-9-12-11;/h4-13,15-32,34-37H,3,33H2,1-2H3;2*1-6,8-9H;/q3*-1;+3. The monoisotopic (exact) mass is 1220 g/mol. The van der Waals surface area contributed by atoms with Crippen molar-refractivity contribution in [1.29, 1.82) is 0 Å². The van der Waals surface area contributed by atoms with Crippen LogP contribution in [0.1, 0.15) is 49.7 Å². The van der Waals surface area contributed by atoms with Crippen LogP contribution in [0.5, 0.6) is 0 Å². The van der Waals surface area contributed by atoms with Crippen LogP contribution in [0.25, 0.3) is 99.9 Å². The Morgan fingerprint density at radius 1 is 0.370 bits per heavy atom. The van der Waals surface area contributed by atoms with Crippen molar-refractivity contribution < 1.29 is 20.1 Å². The Balaban J connectivity index is 0.000000226. The van der Waals surface area contributed by atoms with Crippen LogP contribution in [0.3, 0.4) is 0 Å². The fourth-order valence-corrected chi connectivity index (χ4v) is 11.0. The summed E-state index contributed by atoms with van der Waals surface area (Å²) < 4.78 is 4.79. The molecule has 0 amide bonds. The van der Waals surface area contributed by atoms with Crippen molar-refractivity contribution in [2.24, 2.45) is 0 Å². The third-order valence-corrected chi connectivity index (χ3v) is 15.1. The molecule has 2 unspecified atom stereocenters. The Kier molecular flexibility index (Phi) is 16.7. The number of para-hydroxylation sites is 3. The first-order chi connectivity index (χ1) is 39.6. The van der Waals surface area contributed by atoms with E-state index in [0.717, 1.165) is 46.6 Å². The predicted octanol–water partition coefficient (Wildman–Crippen LogP) is 19.2. The topological polar surface area (TPSA) is 48.5 Å². The van der Waals surface area contributed by atoms with Gasteiger partial charge >= 0.3 is 20.1 Å². The van der Waals surface area contributed by atoms with Gasteiger partial charge in [-0.2, -0.15) is 0 Å². The third-order valence-electron chi connectivity index (χ3n) is 15.1. The first kappa shape index (κ1) is 53.7. The molecule has 81 heavy (non-hydrogen) atoms. The minimum atomic E-state index is 0. The molecule has 0 radical (unpaired) electrons. The Labute approximate surface area is 488 Å². The van der Waals surface area contributed by atoms with E-state index in [1.54, 1.807) is 12.4 Å². The summed E-state index contributed by atoms with van der Waals surface area (Å²) in [7, 11) is 0. The molecule has 14 rings (SSSR count). The van der Waals surface area contributed by atoms with Crippen molar-refractivity contribution in [3.8, 4) is 56.3 Å². The van der Waals surface area contributed by atoms with E-state index in [2.05, 4.69) is 214 Å². The fourth-order valence-electron chi connectivity index (χ4n) is 11.0. The number of hydrogen-bond donors (Lipinski definition) is 0. The van der Waals surface area contributed by atoms with Gasteiger partial charge in [0.05, 0.1) is 22.1 Å². The molecule has 14 aromatic rings. The van der Waals surface area contributed by atoms with E-state index in [0.29, 0.717) is 11.8 Å². The van der Waals surface area contributed by atoms with Gasteiger partial charge in [0.2, 0.25) is 0 Å². The second-order valence-electron chi connectivity index (χ2n) is 20.1. The van der Waals surface area contributed by atoms with E-state index in [1.165, 1.54) is 77.2 Å². The van der Waals surface area contributed by atoms with Gasteiger partial charge in [0.15, 0.2) is 0 Å². The number of hydrogen-bond acceptors (Lipinski definition) is 3. The molecular formula is C75H58IrN5. The minimum Gasteiger partial charge on any atom is -0.309 e. The van der Waals surface area contributed by atoms with Gasteiger partial charge < -0.3 is 24.1 Å². The van der Waals surface area contributed by atoms with Gasteiger partial charge in [0.1, 0.15) is 0 Å². The Morgan fingerprint density at radius 3 is 1.23 bits per heavy atom. The molecule has 0 aliphatic carbocycles. The molecule has 0 saturated heterocycles. The van der Waals surface area contributed by atoms with E-state index in [-0.39, 0.29) is 20.1 Å². The van der Waals surface area contributed by atoms with Gasteiger partial charge in [0, 0.05) is 51.5 Å². The molecule has 0 fully saturated rings. The summed E-state index contributed by atoms with van der Waals surface area (Å²) in [5, 5.41) is 5.15. The van der Waals surface area contributed by atoms with Crippen LogP contribution in [0, 0.1) is 18.2 Å².